The molecule has 0 radical (unpaired) electrons. The minimum Gasteiger partial charge on any atom is -0.493 e. The van der Waals surface area contributed by atoms with Crippen molar-refractivity contribution in [3.05, 3.63) is 48.3 Å². The predicted molar refractivity (Wildman–Crippen MR) is 137 cm³/mol. The lowest BCUT2D eigenvalue weighted by molar-refractivity contribution is 0.385. The van der Waals surface area contributed by atoms with Crippen molar-refractivity contribution in [1.29, 1.82) is 0 Å². The standard InChI is InChI=1S/C24H29N7O3S/c1-16(2)31-15-19-21(23(31)32)27-24(29-8-10-30(11-9-29)35(3,33)34)28-22(19)26-14-17-12-18-6-4-5-7-20(18)25-13-17/h4-7,12-13,15-16,32H,8-11,14H2,1-3H3,(H,26,27,28). The molecule has 10 nitrogen and oxygen atoms in total. The van der Waals surface area contributed by atoms with Gasteiger partial charge in [0.1, 0.15) is 11.3 Å². The van der Waals surface area contributed by atoms with E-state index < -0.39 is 10.0 Å². The number of hydrogen-bond acceptors (Lipinski definition) is 8. The minimum atomic E-state index is -3.24. The molecule has 0 saturated carbocycles. The van der Waals surface area contributed by atoms with Crippen LogP contribution in [0.25, 0.3) is 21.8 Å². The molecule has 1 aliphatic rings. The number of anilines is 2. The third kappa shape index (κ3) is 4.61. The van der Waals surface area contributed by atoms with E-state index in [1.807, 2.05) is 55.4 Å². The summed E-state index contributed by atoms with van der Waals surface area (Å²) in [6, 6.07) is 10.1. The van der Waals surface area contributed by atoms with E-state index in [2.05, 4.69) is 21.4 Å². The topological polar surface area (TPSA) is 116 Å². The molecule has 1 fully saturated rings. The Morgan fingerprint density at radius 3 is 2.57 bits per heavy atom. The van der Waals surface area contributed by atoms with Crippen molar-refractivity contribution in [3.63, 3.8) is 0 Å². The van der Waals surface area contributed by atoms with Crippen LogP contribution in [0.2, 0.25) is 0 Å². The van der Waals surface area contributed by atoms with Gasteiger partial charge < -0.3 is 19.9 Å². The summed E-state index contributed by atoms with van der Waals surface area (Å²) in [7, 11) is -3.24. The van der Waals surface area contributed by atoms with Crippen LogP contribution >= 0.6 is 0 Å². The van der Waals surface area contributed by atoms with Crippen LogP contribution in [-0.4, -0.2) is 69.8 Å². The number of para-hydroxylation sites is 1. The number of piperazine rings is 1. The molecule has 0 atom stereocenters. The van der Waals surface area contributed by atoms with Gasteiger partial charge in [0.15, 0.2) is 0 Å². The lowest BCUT2D eigenvalue weighted by Crippen LogP contribution is -2.48. The van der Waals surface area contributed by atoms with Crippen molar-refractivity contribution >= 4 is 43.6 Å². The Morgan fingerprint density at radius 1 is 1.11 bits per heavy atom. The summed E-state index contributed by atoms with van der Waals surface area (Å²) < 4.78 is 27.0. The maximum atomic E-state index is 11.9. The van der Waals surface area contributed by atoms with Crippen LogP contribution in [0, 0.1) is 0 Å². The zero-order chi connectivity index (χ0) is 24.7. The molecule has 4 heterocycles. The zero-order valence-corrected chi connectivity index (χ0v) is 20.8. The Morgan fingerprint density at radius 2 is 1.86 bits per heavy atom. The van der Waals surface area contributed by atoms with Gasteiger partial charge in [0.05, 0.1) is 17.2 Å². The monoisotopic (exact) mass is 495 g/mol. The van der Waals surface area contributed by atoms with Crippen LogP contribution in [0.15, 0.2) is 42.7 Å². The Kier molecular flexibility index (Phi) is 5.97. The van der Waals surface area contributed by atoms with Gasteiger partial charge in [-0.15, -0.1) is 0 Å². The van der Waals surface area contributed by atoms with Gasteiger partial charge in [-0.3, -0.25) is 4.98 Å². The highest BCUT2D eigenvalue weighted by atomic mass is 32.2. The van der Waals surface area contributed by atoms with Crippen LogP contribution < -0.4 is 10.2 Å². The molecule has 0 aliphatic carbocycles. The number of benzene rings is 1. The Labute approximate surface area is 204 Å². The minimum absolute atomic E-state index is 0.0449. The highest BCUT2D eigenvalue weighted by molar-refractivity contribution is 7.88. The van der Waals surface area contributed by atoms with E-state index in [1.165, 1.54) is 10.6 Å². The van der Waals surface area contributed by atoms with Crippen LogP contribution in [-0.2, 0) is 16.6 Å². The fourth-order valence-electron chi connectivity index (χ4n) is 4.36. The second-order valence-corrected chi connectivity index (χ2v) is 11.1. The number of pyridine rings is 1. The summed E-state index contributed by atoms with van der Waals surface area (Å²) >= 11 is 0. The first-order valence-corrected chi connectivity index (χ1v) is 13.4. The molecule has 5 rings (SSSR count). The van der Waals surface area contributed by atoms with Crippen molar-refractivity contribution in [2.75, 3.05) is 42.7 Å². The SMILES string of the molecule is CC(C)n1cc2c(NCc3cnc4ccccc4c3)nc(N3CCN(S(C)(=O)=O)CC3)nc2c1O. The van der Waals surface area contributed by atoms with Crippen molar-refractivity contribution in [1.82, 2.24) is 23.8 Å². The molecule has 1 saturated heterocycles. The maximum absolute atomic E-state index is 11.9. The molecule has 3 aromatic heterocycles. The molecular formula is C24H29N7O3S. The molecule has 184 valence electrons. The van der Waals surface area contributed by atoms with Gasteiger partial charge in [-0.25, -0.2) is 13.4 Å². The van der Waals surface area contributed by atoms with E-state index >= 15 is 0 Å². The number of sulfonamides is 1. The molecule has 0 unspecified atom stereocenters. The van der Waals surface area contributed by atoms with E-state index in [4.69, 9.17) is 4.98 Å². The van der Waals surface area contributed by atoms with Gasteiger partial charge >= 0.3 is 0 Å². The van der Waals surface area contributed by atoms with Crippen molar-refractivity contribution < 1.29 is 13.5 Å². The number of nitrogens with zero attached hydrogens (tertiary/aromatic N) is 6. The molecule has 2 N–H and O–H groups in total. The summed E-state index contributed by atoms with van der Waals surface area (Å²) in [6.45, 7) is 6.15. The van der Waals surface area contributed by atoms with Crippen LogP contribution in [0.5, 0.6) is 5.88 Å². The molecule has 35 heavy (non-hydrogen) atoms. The average molecular weight is 496 g/mol. The molecular weight excluding hydrogens is 466 g/mol. The van der Waals surface area contributed by atoms with E-state index in [0.717, 1.165) is 21.9 Å². The third-order valence-corrected chi connectivity index (χ3v) is 7.62. The van der Waals surface area contributed by atoms with Crippen molar-refractivity contribution in [2.24, 2.45) is 0 Å². The number of rotatable bonds is 6. The Balaban J connectivity index is 1.48. The first-order chi connectivity index (χ1) is 16.7. The lowest BCUT2D eigenvalue weighted by atomic mass is 10.1. The van der Waals surface area contributed by atoms with Gasteiger partial charge in [0, 0.05) is 56.5 Å². The molecule has 4 aromatic rings. The van der Waals surface area contributed by atoms with Gasteiger partial charge in [-0.1, -0.05) is 18.2 Å². The Bertz CT molecular complexity index is 1490. The van der Waals surface area contributed by atoms with Gasteiger partial charge in [0.25, 0.3) is 0 Å². The molecule has 0 amide bonds. The molecule has 1 aliphatic heterocycles. The number of aromatic hydroxyl groups is 1. The van der Waals surface area contributed by atoms with E-state index in [9.17, 15) is 13.5 Å². The van der Waals surface area contributed by atoms with Crippen LogP contribution in [0.4, 0.5) is 11.8 Å². The average Bonchev–Trinajstić information content (AvgIpc) is 3.19. The largest absolute Gasteiger partial charge is 0.493 e. The fourth-order valence-corrected chi connectivity index (χ4v) is 5.19. The smallest absolute Gasteiger partial charge is 0.228 e. The van der Waals surface area contributed by atoms with E-state index in [-0.39, 0.29) is 11.9 Å². The second kappa shape index (κ2) is 8.97. The van der Waals surface area contributed by atoms with E-state index in [1.54, 1.807) is 4.57 Å². The zero-order valence-electron chi connectivity index (χ0n) is 20.0. The highest BCUT2D eigenvalue weighted by Gasteiger charge is 2.26. The molecule has 0 bridgehead atoms. The lowest BCUT2D eigenvalue weighted by Gasteiger charge is -2.33. The summed E-state index contributed by atoms with van der Waals surface area (Å²) in [5.74, 6) is 1.16. The summed E-state index contributed by atoms with van der Waals surface area (Å²) in [5, 5.41) is 16.1. The summed E-state index contributed by atoms with van der Waals surface area (Å²) in [5.41, 5.74) is 2.41. The first kappa shape index (κ1) is 23.3. The molecule has 11 heteroatoms. The molecule has 1 aromatic carbocycles. The quantitative estimate of drug-likeness (QED) is 0.419. The predicted octanol–water partition coefficient (Wildman–Crippen LogP) is 2.96. The fraction of sp³-hybridized carbons (Fsp3) is 0.375. The Hall–Kier alpha value is -3.44. The number of fused-ring (bicyclic) bond motifs is 2. The highest BCUT2D eigenvalue weighted by Crippen LogP contribution is 2.34. The summed E-state index contributed by atoms with van der Waals surface area (Å²) in [6.07, 6.45) is 4.93. The first-order valence-electron chi connectivity index (χ1n) is 11.6. The number of hydrogen-bond donors (Lipinski definition) is 2. The van der Waals surface area contributed by atoms with E-state index in [0.29, 0.717) is 50.0 Å². The number of aromatic nitrogens is 4. The van der Waals surface area contributed by atoms with Crippen LogP contribution in [0.1, 0.15) is 25.5 Å². The number of nitrogens with one attached hydrogen (secondary N) is 1. The maximum Gasteiger partial charge on any atom is 0.228 e. The van der Waals surface area contributed by atoms with Crippen LogP contribution in [0.3, 0.4) is 0 Å². The normalized spacial score (nSPS) is 15.4. The van der Waals surface area contributed by atoms with Crippen molar-refractivity contribution in [3.8, 4) is 5.88 Å². The second-order valence-electron chi connectivity index (χ2n) is 9.13. The van der Waals surface area contributed by atoms with Crippen molar-refractivity contribution in [2.45, 2.75) is 26.4 Å². The summed E-state index contributed by atoms with van der Waals surface area (Å²) in [4.78, 5) is 16.0. The molecule has 0 spiro atoms. The van der Waals surface area contributed by atoms with Gasteiger partial charge in [0.2, 0.25) is 21.9 Å². The van der Waals surface area contributed by atoms with Gasteiger partial charge in [-0.05, 0) is 31.5 Å². The third-order valence-electron chi connectivity index (χ3n) is 6.31. The van der Waals surface area contributed by atoms with Gasteiger partial charge in [-0.2, -0.15) is 9.29 Å².